The van der Waals surface area contributed by atoms with Crippen LogP contribution in [0.3, 0.4) is 0 Å². The first-order chi connectivity index (χ1) is 9.38. The van der Waals surface area contributed by atoms with E-state index in [9.17, 15) is 19.8 Å². The van der Waals surface area contributed by atoms with E-state index in [0.717, 1.165) is 12.2 Å². The van der Waals surface area contributed by atoms with E-state index in [4.69, 9.17) is 9.47 Å². The van der Waals surface area contributed by atoms with Gasteiger partial charge < -0.3 is 19.7 Å². The highest BCUT2D eigenvalue weighted by Gasteiger charge is 2.17. The second-order valence-corrected chi connectivity index (χ2v) is 4.74. The molecule has 0 aromatic carbocycles. The number of esters is 2. The number of carbonyl (C=O) groups excluding carboxylic acids is 2. The summed E-state index contributed by atoms with van der Waals surface area (Å²) in [5.41, 5.74) is 0. The van der Waals surface area contributed by atoms with Crippen LogP contribution in [0, 0.1) is 0 Å². The van der Waals surface area contributed by atoms with E-state index in [2.05, 4.69) is 0 Å². The molecule has 0 bridgehead atoms. The molecule has 1 aliphatic rings. The fraction of sp³-hybridized carbons (Fsp3) is 0.571. The predicted octanol–water partition coefficient (Wildman–Crippen LogP) is 0.478. The molecule has 0 aliphatic carbocycles. The van der Waals surface area contributed by atoms with Gasteiger partial charge >= 0.3 is 11.9 Å². The van der Waals surface area contributed by atoms with E-state index in [1.807, 2.05) is 0 Å². The van der Waals surface area contributed by atoms with E-state index in [-0.39, 0.29) is 6.10 Å². The highest BCUT2D eigenvalue weighted by atomic mass is 16.6. The third-order valence-electron chi connectivity index (χ3n) is 2.85. The van der Waals surface area contributed by atoms with Crippen molar-refractivity contribution in [2.75, 3.05) is 0 Å². The van der Waals surface area contributed by atoms with Crippen LogP contribution in [0.25, 0.3) is 0 Å². The minimum Gasteiger partial charge on any atom is -0.460 e. The van der Waals surface area contributed by atoms with Crippen LogP contribution >= 0.6 is 0 Å². The monoisotopic (exact) mass is 284 g/mol. The van der Waals surface area contributed by atoms with Crippen molar-refractivity contribution in [3.05, 3.63) is 24.3 Å². The molecule has 0 saturated heterocycles. The molecule has 1 unspecified atom stereocenters. The van der Waals surface area contributed by atoms with Crippen molar-refractivity contribution in [3.8, 4) is 0 Å². The molecule has 0 aromatic rings. The van der Waals surface area contributed by atoms with Gasteiger partial charge in [0.25, 0.3) is 0 Å². The van der Waals surface area contributed by atoms with Crippen LogP contribution in [0.15, 0.2) is 24.3 Å². The summed E-state index contributed by atoms with van der Waals surface area (Å²) in [7, 11) is 0. The zero-order valence-electron chi connectivity index (χ0n) is 11.6. The van der Waals surface area contributed by atoms with Crippen molar-refractivity contribution in [3.63, 3.8) is 0 Å². The van der Waals surface area contributed by atoms with Crippen LogP contribution in [0.2, 0.25) is 0 Å². The Morgan fingerprint density at radius 2 is 1.60 bits per heavy atom. The number of cyclic esters (lactones) is 2. The minimum atomic E-state index is -1.11. The topological polar surface area (TPSA) is 93.1 Å². The van der Waals surface area contributed by atoms with Gasteiger partial charge in [0, 0.05) is 12.2 Å². The molecule has 4 atom stereocenters. The van der Waals surface area contributed by atoms with Crippen LogP contribution in [0.5, 0.6) is 0 Å². The lowest BCUT2D eigenvalue weighted by atomic mass is 10.1. The molecule has 1 heterocycles. The Bertz CT molecular complexity index is 400. The summed E-state index contributed by atoms with van der Waals surface area (Å²) in [5.74, 6) is -1.24. The van der Waals surface area contributed by atoms with Gasteiger partial charge in [0.1, 0.15) is 12.2 Å². The molecule has 0 fully saturated rings. The SMILES string of the molecule is CC1CC[C@@H](O)/C=C/C(=O)O[C@H](C)[C@@H](O)/C=C/C(=O)O1. The molecule has 0 saturated carbocycles. The van der Waals surface area contributed by atoms with Gasteiger partial charge in [-0.15, -0.1) is 0 Å². The Morgan fingerprint density at radius 1 is 1.00 bits per heavy atom. The lowest BCUT2D eigenvalue weighted by Gasteiger charge is -2.17. The number of hydrogen-bond donors (Lipinski definition) is 2. The lowest BCUT2D eigenvalue weighted by Crippen LogP contribution is -2.27. The van der Waals surface area contributed by atoms with E-state index in [1.165, 1.54) is 19.1 Å². The first-order valence-corrected chi connectivity index (χ1v) is 6.52. The average Bonchev–Trinajstić information content (AvgIpc) is 2.39. The van der Waals surface area contributed by atoms with Crippen molar-refractivity contribution in [1.29, 1.82) is 0 Å². The Kier molecular flexibility index (Phi) is 6.41. The number of aliphatic hydroxyl groups excluding tert-OH is 2. The van der Waals surface area contributed by atoms with Gasteiger partial charge in [0.2, 0.25) is 0 Å². The van der Waals surface area contributed by atoms with E-state index < -0.39 is 30.3 Å². The summed E-state index contributed by atoms with van der Waals surface area (Å²) >= 11 is 0. The van der Waals surface area contributed by atoms with Gasteiger partial charge in [-0.2, -0.15) is 0 Å². The van der Waals surface area contributed by atoms with Crippen LogP contribution < -0.4 is 0 Å². The van der Waals surface area contributed by atoms with Crippen LogP contribution in [0.1, 0.15) is 26.7 Å². The summed E-state index contributed by atoms with van der Waals surface area (Å²) in [4.78, 5) is 22.9. The van der Waals surface area contributed by atoms with E-state index in [0.29, 0.717) is 12.8 Å². The van der Waals surface area contributed by atoms with Crippen molar-refractivity contribution >= 4 is 11.9 Å². The summed E-state index contributed by atoms with van der Waals surface area (Å²) in [5, 5.41) is 19.3. The molecule has 20 heavy (non-hydrogen) atoms. The van der Waals surface area contributed by atoms with Crippen molar-refractivity contribution in [2.45, 2.75) is 51.1 Å². The fourth-order valence-corrected chi connectivity index (χ4v) is 1.61. The van der Waals surface area contributed by atoms with Gasteiger partial charge in [0.15, 0.2) is 0 Å². The molecular formula is C14H20O6. The largest absolute Gasteiger partial charge is 0.460 e. The zero-order valence-corrected chi connectivity index (χ0v) is 11.6. The molecule has 6 heteroatoms. The van der Waals surface area contributed by atoms with Gasteiger partial charge in [-0.25, -0.2) is 9.59 Å². The lowest BCUT2D eigenvalue weighted by molar-refractivity contribution is -0.146. The number of aliphatic hydroxyl groups is 2. The van der Waals surface area contributed by atoms with Gasteiger partial charge in [-0.1, -0.05) is 0 Å². The maximum Gasteiger partial charge on any atom is 0.330 e. The van der Waals surface area contributed by atoms with Crippen LogP contribution in [-0.2, 0) is 19.1 Å². The fourth-order valence-electron chi connectivity index (χ4n) is 1.61. The quantitative estimate of drug-likeness (QED) is 0.628. The minimum absolute atomic E-state index is 0.361. The molecule has 6 nitrogen and oxygen atoms in total. The Hall–Kier alpha value is -1.66. The third kappa shape index (κ3) is 5.99. The van der Waals surface area contributed by atoms with Gasteiger partial charge in [0.05, 0.1) is 12.2 Å². The normalized spacial score (nSPS) is 36.4. The highest BCUT2D eigenvalue weighted by molar-refractivity contribution is 5.83. The average molecular weight is 284 g/mol. The Balaban J connectivity index is 2.79. The number of rotatable bonds is 0. The number of carbonyl (C=O) groups is 2. The second kappa shape index (κ2) is 7.81. The summed E-state index contributed by atoms with van der Waals surface area (Å²) in [6.07, 6.45) is 2.48. The maximum absolute atomic E-state index is 11.5. The number of hydrogen-bond acceptors (Lipinski definition) is 6. The first-order valence-electron chi connectivity index (χ1n) is 6.52. The van der Waals surface area contributed by atoms with E-state index >= 15 is 0 Å². The molecule has 1 rings (SSSR count). The Morgan fingerprint density at radius 3 is 2.30 bits per heavy atom. The molecule has 0 aromatic heterocycles. The van der Waals surface area contributed by atoms with E-state index in [1.54, 1.807) is 6.92 Å². The molecule has 0 radical (unpaired) electrons. The van der Waals surface area contributed by atoms with Gasteiger partial charge in [-0.05, 0) is 38.8 Å². The zero-order chi connectivity index (χ0) is 15.1. The smallest absolute Gasteiger partial charge is 0.330 e. The molecule has 112 valence electrons. The van der Waals surface area contributed by atoms with Gasteiger partial charge in [-0.3, -0.25) is 0 Å². The maximum atomic E-state index is 11.5. The summed E-state index contributed by atoms with van der Waals surface area (Å²) in [6.45, 7) is 3.21. The first kappa shape index (κ1) is 16.4. The standard InChI is InChI=1S/C14H20O6/c1-9-3-4-11(15)5-7-14(18)20-10(2)12(16)6-8-13(17)19-9/h5-12,15-16H,3-4H2,1-2H3/b7-5+,8-6+/t9?,10-,11-,12+/m1/s1. The number of ether oxygens (including phenoxy) is 2. The van der Waals surface area contributed by atoms with Crippen molar-refractivity contribution < 1.29 is 29.3 Å². The van der Waals surface area contributed by atoms with Crippen molar-refractivity contribution in [1.82, 2.24) is 0 Å². The third-order valence-corrected chi connectivity index (χ3v) is 2.85. The Labute approximate surface area is 117 Å². The second-order valence-electron chi connectivity index (χ2n) is 4.74. The predicted molar refractivity (Wildman–Crippen MR) is 70.6 cm³/mol. The summed E-state index contributed by atoms with van der Waals surface area (Å²) in [6, 6.07) is 0. The summed E-state index contributed by atoms with van der Waals surface area (Å²) < 4.78 is 9.99. The van der Waals surface area contributed by atoms with Crippen LogP contribution in [-0.4, -0.2) is 46.6 Å². The van der Waals surface area contributed by atoms with Crippen molar-refractivity contribution in [2.24, 2.45) is 0 Å². The highest BCUT2D eigenvalue weighted by Crippen LogP contribution is 2.09. The molecule has 1 aliphatic heterocycles. The molecule has 2 N–H and O–H groups in total. The molecule has 0 spiro atoms. The molecule has 0 amide bonds. The molecular weight excluding hydrogens is 264 g/mol. The van der Waals surface area contributed by atoms with Crippen LogP contribution in [0.4, 0.5) is 0 Å².